The molecule has 0 saturated carbocycles. The summed E-state index contributed by atoms with van der Waals surface area (Å²) in [6.45, 7) is 9.33. The number of alkyl halides is 3. The minimum absolute atomic E-state index is 0.0767. The minimum Gasteiger partial charge on any atom is -0.436 e. The third-order valence-electron chi connectivity index (χ3n) is 10.4. The van der Waals surface area contributed by atoms with Crippen LogP contribution in [-0.2, 0) is 27.7 Å². The van der Waals surface area contributed by atoms with Gasteiger partial charge in [-0.25, -0.2) is 9.59 Å². The van der Waals surface area contributed by atoms with Gasteiger partial charge in [0.25, 0.3) is 5.91 Å². The van der Waals surface area contributed by atoms with E-state index < -0.39 is 41.1 Å². The third kappa shape index (κ3) is 8.83. The first-order valence-electron chi connectivity index (χ1n) is 17.8. The molecule has 2 aromatic rings. The summed E-state index contributed by atoms with van der Waals surface area (Å²) in [4.78, 5) is 48.0. The SMILES string of the molecule is CC.CN1CCCN(C2CCN(C(=O)[C@@H](Cc3cc(Cl)c(N)c(C(F)(F)F)c3)OC(=O)N3CCC4(CC3)NC(=O)Nc3ccccc34)CC2)CC1. The van der Waals surface area contributed by atoms with Crippen LogP contribution in [0.25, 0.3) is 0 Å². The molecule has 6 rings (SSSR count). The van der Waals surface area contributed by atoms with E-state index in [1.165, 1.54) is 11.0 Å². The normalized spacial score (nSPS) is 20.6. The highest BCUT2D eigenvalue weighted by molar-refractivity contribution is 6.33. The Morgan fingerprint density at radius 3 is 2.37 bits per heavy atom. The molecule has 1 spiro atoms. The van der Waals surface area contributed by atoms with Gasteiger partial charge in [0.2, 0.25) is 0 Å². The number of carbonyl (C=O) groups is 3. The number of nitrogens with one attached hydrogen (secondary N) is 2. The Labute approximate surface area is 302 Å². The Hall–Kier alpha value is -3.75. The van der Waals surface area contributed by atoms with Crippen LogP contribution in [0.2, 0.25) is 5.02 Å². The maximum absolute atomic E-state index is 14.0. The number of nitrogens with zero attached hydrogens (tertiary/aromatic N) is 4. The Morgan fingerprint density at radius 2 is 1.69 bits per heavy atom. The number of ether oxygens (including phenoxy) is 1. The fourth-order valence-corrected chi connectivity index (χ4v) is 7.86. The minimum atomic E-state index is -4.77. The maximum atomic E-state index is 14.0. The van der Waals surface area contributed by atoms with Crippen LogP contribution in [0.4, 0.5) is 34.1 Å². The van der Waals surface area contributed by atoms with Gasteiger partial charge in [-0.15, -0.1) is 0 Å². The Kier molecular flexibility index (Phi) is 12.3. The highest BCUT2D eigenvalue weighted by atomic mass is 35.5. The van der Waals surface area contributed by atoms with Crippen molar-refractivity contribution in [1.82, 2.24) is 24.9 Å². The summed E-state index contributed by atoms with van der Waals surface area (Å²) in [7, 11) is 2.12. The van der Waals surface area contributed by atoms with Gasteiger partial charge in [-0.2, -0.15) is 13.2 Å². The monoisotopic (exact) mass is 735 g/mol. The van der Waals surface area contributed by atoms with E-state index in [-0.39, 0.29) is 36.1 Å². The molecule has 11 nitrogen and oxygen atoms in total. The number of halogens is 4. The van der Waals surface area contributed by atoms with E-state index in [2.05, 4.69) is 27.5 Å². The molecule has 1 atom stereocenters. The van der Waals surface area contributed by atoms with Gasteiger partial charge < -0.3 is 35.8 Å². The highest BCUT2D eigenvalue weighted by Gasteiger charge is 2.44. The first kappa shape index (κ1) is 38.5. The number of amides is 4. The Balaban J connectivity index is 0.00000248. The maximum Gasteiger partial charge on any atom is 0.418 e. The summed E-state index contributed by atoms with van der Waals surface area (Å²) >= 11 is 6.11. The number of para-hydroxylation sites is 1. The topological polar surface area (TPSA) is 123 Å². The van der Waals surface area contributed by atoms with E-state index in [1.807, 2.05) is 38.1 Å². The number of nitrogen functional groups attached to an aromatic ring is 1. The van der Waals surface area contributed by atoms with Gasteiger partial charge in [0, 0.05) is 63.0 Å². The van der Waals surface area contributed by atoms with Crippen LogP contribution < -0.4 is 16.4 Å². The van der Waals surface area contributed by atoms with Gasteiger partial charge in [0.15, 0.2) is 6.10 Å². The van der Waals surface area contributed by atoms with Crippen LogP contribution in [0.15, 0.2) is 36.4 Å². The summed E-state index contributed by atoms with van der Waals surface area (Å²) < 4.78 is 47.3. The van der Waals surface area contributed by atoms with Crippen molar-refractivity contribution in [2.75, 3.05) is 70.5 Å². The molecule has 4 N–H and O–H groups in total. The molecule has 4 heterocycles. The number of hydrogen-bond acceptors (Lipinski definition) is 7. The summed E-state index contributed by atoms with van der Waals surface area (Å²) in [5.74, 6) is -0.461. The van der Waals surface area contributed by atoms with Crippen molar-refractivity contribution in [3.63, 3.8) is 0 Å². The summed E-state index contributed by atoms with van der Waals surface area (Å²) in [6, 6.07) is 9.63. The molecule has 4 aliphatic rings. The Morgan fingerprint density at radius 1 is 1.00 bits per heavy atom. The van der Waals surface area contributed by atoms with E-state index in [0.29, 0.717) is 37.7 Å². The molecule has 4 aliphatic heterocycles. The summed E-state index contributed by atoms with van der Waals surface area (Å²) in [5.41, 5.74) is 4.98. The lowest BCUT2D eigenvalue weighted by Crippen LogP contribution is -2.58. The molecule has 0 radical (unpaired) electrons. The van der Waals surface area contributed by atoms with Crippen molar-refractivity contribution < 1.29 is 32.3 Å². The summed E-state index contributed by atoms with van der Waals surface area (Å²) in [6.07, 6.45) is -3.81. The van der Waals surface area contributed by atoms with Crippen LogP contribution in [0.3, 0.4) is 0 Å². The van der Waals surface area contributed by atoms with Crippen molar-refractivity contribution in [2.45, 2.75) is 76.2 Å². The van der Waals surface area contributed by atoms with Crippen LogP contribution in [0, 0.1) is 0 Å². The lowest BCUT2D eigenvalue weighted by molar-refractivity contribution is -0.142. The van der Waals surface area contributed by atoms with Gasteiger partial charge >= 0.3 is 18.3 Å². The highest BCUT2D eigenvalue weighted by Crippen LogP contribution is 2.40. The molecule has 0 bridgehead atoms. The molecule has 0 aromatic heterocycles. The predicted octanol–water partition coefficient (Wildman–Crippen LogP) is 5.77. The van der Waals surface area contributed by atoms with Crippen LogP contribution in [0.5, 0.6) is 0 Å². The number of carbonyl (C=O) groups excluding carboxylic acids is 3. The molecule has 15 heteroatoms. The van der Waals surface area contributed by atoms with Crippen LogP contribution in [0.1, 0.15) is 62.6 Å². The summed E-state index contributed by atoms with van der Waals surface area (Å²) in [5, 5.41) is 5.55. The lowest BCUT2D eigenvalue weighted by atomic mass is 9.79. The van der Waals surface area contributed by atoms with Gasteiger partial charge in [0.05, 0.1) is 21.8 Å². The van der Waals surface area contributed by atoms with Gasteiger partial charge in [-0.3, -0.25) is 9.69 Å². The van der Waals surface area contributed by atoms with E-state index in [4.69, 9.17) is 22.1 Å². The zero-order valence-corrected chi connectivity index (χ0v) is 30.3. The Bertz CT molecular complexity index is 1560. The fourth-order valence-electron chi connectivity index (χ4n) is 7.62. The number of fused-ring (bicyclic) bond motifs is 2. The quantitative estimate of drug-likeness (QED) is 0.334. The number of rotatable bonds is 5. The standard InChI is InChI=1S/C34H43ClF3N7O4.C2H6/c1-42-11-4-12-43(18-17-42)23-7-13-44(14-8-23)30(46)28(21-22-19-25(34(36,37)38)29(39)26(35)20-22)49-32(48)45-15-9-33(10-16-45)24-5-2-3-6-27(24)40-31(47)41-33;1-2/h2-3,5-6,19-20,23,28H,4,7-18,21,39H2,1H3,(H2,40,41,47);1-2H3/t28-;/m1./s1. The number of hydrogen-bond donors (Lipinski definition) is 3. The van der Waals surface area contributed by atoms with E-state index in [0.717, 1.165) is 57.1 Å². The second-order valence-electron chi connectivity index (χ2n) is 13.6. The first-order chi connectivity index (χ1) is 24.3. The van der Waals surface area contributed by atoms with E-state index >= 15 is 0 Å². The molecule has 51 heavy (non-hydrogen) atoms. The average molecular weight is 736 g/mol. The molecule has 3 fully saturated rings. The molecule has 0 unspecified atom stereocenters. The predicted molar refractivity (Wildman–Crippen MR) is 191 cm³/mol. The zero-order chi connectivity index (χ0) is 36.9. The molecular formula is C36H49ClF3N7O4. The van der Waals surface area contributed by atoms with Crippen molar-refractivity contribution >= 4 is 41.0 Å². The lowest BCUT2D eigenvalue weighted by Gasteiger charge is -2.45. The number of likely N-dealkylation sites (N-methyl/N-ethyl adjacent to an activating group) is 1. The van der Waals surface area contributed by atoms with Gasteiger partial charge in [-0.05, 0) is 76.0 Å². The number of piperidine rings is 2. The number of anilines is 2. The van der Waals surface area contributed by atoms with Crippen molar-refractivity contribution in [3.05, 3.63) is 58.1 Å². The number of urea groups is 1. The van der Waals surface area contributed by atoms with Crippen molar-refractivity contribution in [3.8, 4) is 0 Å². The second-order valence-corrected chi connectivity index (χ2v) is 14.0. The largest absolute Gasteiger partial charge is 0.436 e. The molecule has 0 aliphatic carbocycles. The van der Waals surface area contributed by atoms with Crippen LogP contribution in [-0.4, -0.2) is 109 Å². The van der Waals surface area contributed by atoms with Gasteiger partial charge in [-0.1, -0.05) is 43.6 Å². The number of benzene rings is 2. The van der Waals surface area contributed by atoms with E-state index in [9.17, 15) is 27.6 Å². The number of nitrogens with two attached hydrogens (primary N) is 1. The zero-order valence-electron chi connectivity index (χ0n) is 29.5. The van der Waals surface area contributed by atoms with Crippen molar-refractivity contribution in [1.29, 1.82) is 0 Å². The molecule has 280 valence electrons. The second kappa shape index (κ2) is 16.3. The van der Waals surface area contributed by atoms with E-state index in [1.54, 1.807) is 4.90 Å². The third-order valence-corrected chi connectivity index (χ3v) is 10.7. The van der Waals surface area contributed by atoms with Crippen LogP contribution >= 0.6 is 11.6 Å². The molecular weight excluding hydrogens is 687 g/mol. The first-order valence-corrected chi connectivity index (χ1v) is 18.2. The molecule has 4 amide bonds. The molecule has 2 aromatic carbocycles. The molecule has 3 saturated heterocycles. The van der Waals surface area contributed by atoms with Crippen molar-refractivity contribution in [2.24, 2.45) is 0 Å². The van der Waals surface area contributed by atoms with Gasteiger partial charge in [0.1, 0.15) is 0 Å². The average Bonchev–Trinajstić information content (AvgIpc) is 3.34. The smallest absolute Gasteiger partial charge is 0.418 e. The number of likely N-dealkylation sites (tertiary alicyclic amines) is 2. The fraction of sp³-hybridized carbons (Fsp3) is 0.583.